The molecule has 0 aromatic heterocycles. The Hall–Kier alpha value is -2.17. The molecular weight excluding hydrogens is 307 g/mol. The Balaban J connectivity index is 2.28. The number of allylic oxidation sites excluding steroid dienone is 1. The number of unbranched alkanes of at least 4 members (excludes halogenated alkanes) is 1. The van der Waals surface area contributed by atoms with Crippen LogP contribution in [0, 0.1) is 0 Å². The van der Waals surface area contributed by atoms with Gasteiger partial charge >= 0.3 is 0 Å². The van der Waals surface area contributed by atoms with E-state index in [0.29, 0.717) is 0 Å². The highest BCUT2D eigenvalue weighted by Gasteiger charge is 2.42. The average molecular weight is 331 g/mol. The topological polar surface area (TPSA) is 0 Å². The third-order valence-corrected chi connectivity index (χ3v) is 8.27. The second-order valence-electron chi connectivity index (χ2n) is 5.90. The maximum atomic E-state index is 2.50. The van der Waals surface area contributed by atoms with Crippen molar-refractivity contribution < 1.29 is 0 Å². The molecule has 0 heterocycles. The van der Waals surface area contributed by atoms with Crippen molar-refractivity contribution in [3.8, 4) is 0 Å². The third-order valence-electron chi connectivity index (χ3n) is 4.27. The van der Waals surface area contributed by atoms with E-state index >= 15 is 0 Å². The van der Waals surface area contributed by atoms with E-state index in [9.17, 15) is 0 Å². The summed E-state index contributed by atoms with van der Waals surface area (Å²) in [6.45, 7) is 2.23. The lowest BCUT2D eigenvalue weighted by Crippen LogP contribution is -2.29. The van der Waals surface area contributed by atoms with Crippen molar-refractivity contribution in [2.24, 2.45) is 0 Å². The van der Waals surface area contributed by atoms with Crippen LogP contribution in [0.5, 0.6) is 0 Å². The fourth-order valence-electron chi connectivity index (χ4n) is 3.09. The van der Waals surface area contributed by atoms with Gasteiger partial charge in [0, 0.05) is 0 Å². The smallest absolute Gasteiger partial charge is 0.0651 e. The predicted octanol–water partition coefficient (Wildman–Crippen LogP) is 5.29. The summed E-state index contributed by atoms with van der Waals surface area (Å²) < 4.78 is 0. The molecule has 0 aliphatic carbocycles. The van der Waals surface area contributed by atoms with Crippen molar-refractivity contribution in [3.05, 3.63) is 103 Å². The molecule has 0 spiro atoms. The minimum absolute atomic E-state index is 1.12. The molecule has 0 fully saturated rings. The van der Waals surface area contributed by atoms with Crippen LogP contribution < -0.4 is 15.9 Å². The zero-order valence-electron chi connectivity index (χ0n) is 14.2. The summed E-state index contributed by atoms with van der Waals surface area (Å²) in [5.74, 6) is 2.50. The van der Waals surface area contributed by atoms with Gasteiger partial charge in [0.25, 0.3) is 0 Å². The highest BCUT2D eigenvalue weighted by atomic mass is 31.2. The van der Waals surface area contributed by atoms with E-state index < -0.39 is 7.26 Å². The monoisotopic (exact) mass is 331 g/mol. The van der Waals surface area contributed by atoms with Crippen molar-refractivity contribution in [1.29, 1.82) is 0 Å². The molecule has 3 aromatic carbocycles. The van der Waals surface area contributed by atoms with Crippen molar-refractivity contribution in [3.63, 3.8) is 0 Å². The summed E-state index contributed by atoms with van der Waals surface area (Å²) in [4.78, 5) is 0. The van der Waals surface area contributed by atoms with Crippen LogP contribution in [-0.2, 0) is 0 Å². The highest BCUT2D eigenvalue weighted by Crippen LogP contribution is 2.56. The van der Waals surface area contributed by atoms with E-state index in [0.717, 1.165) is 6.42 Å². The van der Waals surface area contributed by atoms with Crippen LogP contribution in [0.1, 0.15) is 19.8 Å². The molecule has 0 unspecified atom stereocenters. The lowest BCUT2D eigenvalue weighted by Gasteiger charge is -2.24. The van der Waals surface area contributed by atoms with Crippen LogP contribution in [0.15, 0.2) is 103 Å². The van der Waals surface area contributed by atoms with Gasteiger partial charge in [-0.1, -0.05) is 67.9 Å². The fraction of sp³-hybridized carbons (Fsp3) is 0.130. The summed E-state index contributed by atoms with van der Waals surface area (Å²) >= 11 is 0. The molecule has 0 saturated carbocycles. The molecule has 1 heteroatoms. The molecule has 0 saturated heterocycles. The van der Waals surface area contributed by atoms with Gasteiger partial charge in [0.1, 0.15) is 23.2 Å². The zero-order valence-corrected chi connectivity index (χ0v) is 15.1. The van der Waals surface area contributed by atoms with E-state index in [1.165, 1.54) is 22.3 Å². The summed E-state index contributed by atoms with van der Waals surface area (Å²) in [6, 6.07) is 32.9. The minimum Gasteiger partial charge on any atom is -0.0651 e. The van der Waals surface area contributed by atoms with Gasteiger partial charge in [-0.05, 0) is 48.9 Å². The Bertz CT molecular complexity index is 664. The standard InChI is InChI=1S/C23H24P/c1-2-3-13-20-24(21-14-7-4-8-15-21,22-16-9-5-10-17-22)23-18-11-6-12-19-23/h4-20H,2-3H2,1H3/q+1. The van der Waals surface area contributed by atoms with Gasteiger partial charge in [-0.25, -0.2) is 0 Å². The Labute approximate surface area is 146 Å². The van der Waals surface area contributed by atoms with Crippen LogP contribution in [0.2, 0.25) is 0 Å². The summed E-state index contributed by atoms with van der Waals surface area (Å²) in [5, 5.41) is 4.24. The number of benzene rings is 3. The molecule has 24 heavy (non-hydrogen) atoms. The quantitative estimate of drug-likeness (QED) is 0.538. The second-order valence-corrected chi connectivity index (χ2v) is 9.20. The Morgan fingerprint density at radius 1 is 0.625 bits per heavy atom. The normalized spacial score (nSPS) is 11.7. The molecule has 0 atom stereocenters. The van der Waals surface area contributed by atoms with E-state index in [2.05, 4.69) is 110 Å². The summed E-state index contributed by atoms with van der Waals surface area (Å²) in [6.07, 6.45) is 4.67. The number of hydrogen-bond donors (Lipinski definition) is 0. The molecule has 3 aromatic rings. The fourth-order valence-corrected chi connectivity index (χ4v) is 6.90. The number of hydrogen-bond acceptors (Lipinski definition) is 0. The lowest BCUT2D eigenvalue weighted by molar-refractivity contribution is 0.960. The first-order valence-corrected chi connectivity index (χ1v) is 10.5. The van der Waals surface area contributed by atoms with Crippen LogP contribution in [0.25, 0.3) is 0 Å². The second kappa shape index (κ2) is 8.08. The van der Waals surface area contributed by atoms with E-state index in [-0.39, 0.29) is 0 Å². The van der Waals surface area contributed by atoms with Gasteiger partial charge in [-0.2, -0.15) is 0 Å². The zero-order chi connectivity index (χ0) is 16.7. The van der Waals surface area contributed by atoms with Gasteiger partial charge < -0.3 is 0 Å². The highest BCUT2D eigenvalue weighted by molar-refractivity contribution is 7.98. The van der Waals surface area contributed by atoms with Gasteiger partial charge in [-0.3, -0.25) is 0 Å². The van der Waals surface area contributed by atoms with Crippen molar-refractivity contribution in [2.75, 3.05) is 0 Å². The van der Waals surface area contributed by atoms with Crippen LogP contribution in [0.3, 0.4) is 0 Å². The Kier molecular flexibility index (Phi) is 5.62. The van der Waals surface area contributed by atoms with Gasteiger partial charge in [0.2, 0.25) is 0 Å². The summed E-state index contributed by atoms with van der Waals surface area (Å²) in [5.41, 5.74) is 0. The molecule has 120 valence electrons. The first kappa shape index (κ1) is 16.7. The SMILES string of the molecule is CCCC=C[P+](c1ccccc1)(c1ccccc1)c1ccccc1. The Morgan fingerprint density at radius 3 is 1.33 bits per heavy atom. The first-order valence-electron chi connectivity index (χ1n) is 8.61. The third kappa shape index (κ3) is 3.35. The van der Waals surface area contributed by atoms with E-state index in [1.54, 1.807) is 0 Å². The van der Waals surface area contributed by atoms with Gasteiger partial charge in [0.15, 0.2) is 0 Å². The van der Waals surface area contributed by atoms with E-state index in [1.807, 2.05) is 0 Å². The van der Waals surface area contributed by atoms with Gasteiger partial charge in [-0.15, -0.1) is 0 Å². The van der Waals surface area contributed by atoms with Crippen LogP contribution in [-0.4, -0.2) is 0 Å². The largest absolute Gasteiger partial charge is 0.136 e. The average Bonchev–Trinajstić information content (AvgIpc) is 2.68. The maximum Gasteiger partial charge on any atom is 0.136 e. The first-order chi connectivity index (χ1) is 11.9. The molecule has 0 bridgehead atoms. The van der Waals surface area contributed by atoms with Crippen LogP contribution >= 0.6 is 7.26 Å². The number of rotatable bonds is 6. The van der Waals surface area contributed by atoms with Crippen molar-refractivity contribution in [2.45, 2.75) is 19.8 Å². The molecule has 0 aliphatic rings. The minimum atomic E-state index is -1.76. The molecule has 0 radical (unpaired) electrons. The van der Waals surface area contributed by atoms with Crippen LogP contribution in [0.4, 0.5) is 0 Å². The summed E-state index contributed by atoms with van der Waals surface area (Å²) in [7, 11) is -1.76. The van der Waals surface area contributed by atoms with Crippen molar-refractivity contribution >= 4 is 23.2 Å². The molecule has 0 aliphatic heterocycles. The lowest BCUT2D eigenvalue weighted by atomic mass is 10.3. The van der Waals surface area contributed by atoms with Gasteiger partial charge in [0.05, 0.1) is 5.82 Å². The predicted molar refractivity (Wildman–Crippen MR) is 109 cm³/mol. The molecule has 0 nitrogen and oxygen atoms in total. The van der Waals surface area contributed by atoms with Crippen molar-refractivity contribution in [1.82, 2.24) is 0 Å². The molecule has 0 N–H and O–H groups in total. The Morgan fingerprint density at radius 2 is 1.00 bits per heavy atom. The maximum absolute atomic E-state index is 2.50. The molecule has 0 amide bonds. The molecular formula is C23H24P+. The molecule has 3 rings (SSSR count). The van der Waals surface area contributed by atoms with E-state index in [4.69, 9.17) is 0 Å².